The normalized spacial score (nSPS) is 26.7. The molecule has 2 rings (SSSR count). The summed E-state index contributed by atoms with van der Waals surface area (Å²) in [6.07, 6.45) is 1.25. The number of aliphatic imine (C=N–C) groups is 1. The largest absolute Gasteiger partial charge is 0.379 e. The predicted molar refractivity (Wildman–Crippen MR) is 74.0 cm³/mol. The highest BCUT2D eigenvalue weighted by Gasteiger charge is 2.30. The van der Waals surface area contributed by atoms with Gasteiger partial charge in [-0.25, -0.2) is 0 Å². The number of guanidine groups is 1. The van der Waals surface area contributed by atoms with Crippen LogP contribution in [0.5, 0.6) is 0 Å². The van der Waals surface area contributed by atoms with E-state index in [9.17, 15) is 0 Å². The minimum atomic E-state index is 0.677. The van der Waals surface area contributed by atoms with Crippen molar-refractivity contribution < 1.29 is 4.74 Å². The molecule has 5 nitrogen and oxygen atoms in total. The highest BCUT2D eigenvalue weighted by molar-refractivity contribution is 5.80. The summed E-state index contributed by atoms with van der Waals surface area (Å²) in [5, 5.41) is 0. The third-order valence-corrected chi connectivity index (χ3v) is 3.71. The summed E-state index contributed by atoms with van der Waals surface area (Å²) in [7, 11) is 4.16. The number of hydrogen-bond acceptors (Lipinski definition) is 3. The molecule has 2 heterocycles. The van der Waals surface area contributed by atoms with Crippen molar-refractivity contribution >= 4 is 5.96 Å². The molecule has 0 aromatic carbocycles. The molecule has 0 bridgehead atoms. The monoisotopic (exact) mass is 254 g/mol. The lowest BCUT2D eigenvalue weighted by molar-refractivity contribution is 0.0194. The van der Waals surface area contributed by atoms with Gasteiger partial charge in [0.25, 0.3) is 0 Å². The van der Waals surface area contributed by atoms with Crippen molar-refractivity contribution in [3.8, 4) is 0 Å². The van der Waals surface area contributed by atoms with Gasteiger partial charge in [-0.05, 0) is 13.3 Å². The van der Waals surface area contributed by atoms with Gasteiger partial charge in [0.05, 0.1) is 13.2 Å². The first-order valence-corrected chi connectivity index (χ1v) is 7.01. The molecule has 0 amide bonds. The van der Waals surface area contributed by atoms with Crippen LogP contribution in [-0.2, 0) is 4.74 Å². The van der Waals surface area contributed by atoms with Crippen LogP contribution in [0, 0.1) is 0 Å². The lowest BCUT2D eigenvalue weighted by Crippen LogP contribution is -2.46. The van der Waals surface area contributed by atoms with Crippen molar-refractivity contribution in [2.24, 2.45) is 4.99 Å². The van der Waals surface area contributed by atoms with E-state index >= 15 is 0 Å². The molecule has 18 heavy (non-hydrogen) atoms. The molecular weight excluding hydrogens is 228 g/mol. The zero-order valence-electron chi connectivity index (χ0n) is 11.9. The summed E-state index contributed by atoms with van der Waals surface area (Å²) >= 11 is 0. The number of morpholine rings is 1. The molecule has 2 aliphatic heterocycles. The third-order valence-electron chi connectivity index (χ3n) is 3.71. The summed E-state index contributed by atoms with van der Waals surface area (Å²) in [6.45, 7) is 9.13. The van der Waals surface area contributed by atoms with E-state index in [-0.39, 0.29) is 0 Å². The molecule has 0 radical (unpaired) electrons. The van der Waals surface area contributed by atoms with Gasteiger partial charge in [-0.1, -0.05) is 0 Å². The van der Waals surface area contributed by atoms with E-state index in [1.165, 1.54) is 6.42 Å². The molecule has 2 aliphatic rings. The maximum atomic E-state index is 5.42. The molecule has 1 unspecified atom stereocenters. The number of likely N-dealkylation sites (tertiary alicyclic amines) is 1. The Hall–Kier alpha value is -0.810. The van der Waals surface area contributed by atoms with E-state index in [0.29, 0.717) is 6.04 Å². The molecule has 0 N–H and O–H groups in total. The summed E-state index contributed by atoms with van der Waals surface area (Å²) < 4.78 is 5.42. The standard InChI is InChI=1S/C13H26N4O/c1-4-14-13(15(2)3)17-6-5-12(11-17)16-7-9-18-10-8-16/h12H,4-11H2,1-3H3. The lowest BCUT2D eigenvalue weighted by Gasteiger charge is -2.33. The Bertz CT molecular complexity index is 287. The Kier molecular flexibility index (Phi) is 4.83. The molecule has 5 heteroatoms. The molecular formula is C13H26N4O. The Labute approximate surface area is 110 Å². The molecule has 2 saturated heterocycles. The summed E-state index contributed by atoms with van der Waals surface area (Å²) in [5.41, 5.74) is 0. The fourth-order valence-electron chi connectivity index (χ4n) is 2.83. The first-order chi connectivity index (χ1) is 8.72. The second-order valence-corrected chi connectivity index (χ2v) is 5.21. The van der Waals surface area contributed by atoms with Crippen LogP contribution < -0.4 is 0 Å². The molecule has 2 fully saturated rings. The van der Waals surface area contributed by atoms with E-state index in [1.54, 1.807) is 0 Å². The van der Waals surface area contributed by atoms with E-state index in [4.69, 9.17) is 4.74 Å². The average molecular weight is 254 g/mol. The van der Waals surface area contributed by atoms with Gasteiger partial charge in [0.2, 0.25) is 0 Å². The predicted octanol–water partition coefficient (Wildman–Crippen LogP) is 0.330. The van der Waals surface area contributed by atoms with Crippen LogP contribution in [0.15, 0.2) is 4.99 Å². The maximum Gasteiger partial charge on any atom is 0.196 e. The summed E-state index contributed by atoms with van der Waals surface area (Å²) in [5.74, 6) is 1.13. The smallest absolute Gasteiger partial charge is 0.196 e. The Morgan fingerprint density at radius 3 is 2.61 bits per heavy atom. The SMILES string of the molecule is CCN=C(N(C)C)N1CCC(N2CCOCC2)C1. The van der Waals surface area contributed by atoms with Crippen LogP contribution >= 0.6 is 0 Å². The van der Waals surface area contributed by atoms with Crippen molar-refractivity contribution in [3.63, 3.8) is 0 Å². The third kappa shape index (κ3) is 3.14. The zero-order chi connectivity index (χ0) is 13.0. The summed E-state index contributed by atoms with van der Waals surface area (Å²) in [6, 6.07) is 0.677. The number of nitrogens with zero attached hydrogens (tertiary/aromatic N) is 4. The lowest BCUT2D eigenvalue weighted by atomic mass is 10.2. The van der Waals surface area contributed by atoms with Gasteiger partial charge in [0.1, 0.15) is 0 Å². The van der Waals surface area contributed by atoms with Gasteiger partial charge in [0.15, 0.2) is 5.96 Å². The molecule has 104 valence electrons. The van der Waals surface area contributed by atoms with Crippen LogP contribution in [0.2, 0.25) is 0 Å². The van der Waals surface area contributed by atoms with Crippen LogP contribution in [-0.4, -0.2) is 86.7 Å². The van der Waals surface area contributed by atoms with E-state index in [0.717, 1.165) is 51.9 Å². The maximum absolute atomic E-state index is 5.42. The van der Waals surface area contributed by atoms with Crippen molar-refractivity contribution in [3.05, 3.63) is 0 Å². The fourth-order valence-corrected chi connectivity index (χ4v) is 2.83. The van der Waals surface area contributed by atoms with Gasteiger partial charge >= 0.3 is 0 Å². The minimum Gasteiger partial charge on any atom is -0.379 e. The second-order valence-electron chi connectivity index (χ2n) is 5.21. The summed E-state index contributed by atoms with van der Waals surface area (Å²) in [4.78, 5) is 11.7. The molecule has 0 spiro atoms. The van der Waals surface area contributed by atoms with Crippen molar-refractivity contribution in [1.29, 1.82) is 0 Å². The first-order valence-electron chi connectivity index (χ1n) is 7.01. The average Bonchev–Trinajstić information content (AvgIpc) is 2.86. The van der Waals surface area contributed by atoms with Gasteiger partial charge in [-0.3, -0.25) is 9.89 Å². The van der Waals surface area contributed by atoms with Crippen molar-refractivity contribution in [2.45, 2.75) is 19.4 Å². The Morgan fingerprint density at radius 2 is 2.00 bits per heavy atom. The number of rotatable bonds is 2. The van der Waals surface area contributed by atoms with E-state index in [2.05, 4.69) is 40.7 Å². The Morgan fingerprint density at radius 1 is 1.28 bits per heavy atom. The van der Waals surface area contributed by atoms with Crippen LogP contribution in [0.4, 0.5) is 0 Å². The molecule has 0 aromatic rings. The van der Waals surface area contributed by atoms with Gasteiger partial charge in [-0.2, -0.15) is 0 Å². The fraction of sp³-hybridized carbons (Fsp3) is 0.923. The van der Waals surface area contributed by atoms with E-state index in [1.807, 2.05) is 0 Å². The second kappa shape index (κ2) is 6.38. The molecule has 1 atom stereocenters. The van der Waals surface area contributed by atoms with E-state index < -0.39 is 0 Å². The minimum absolute atomic E-state index is 0.677. The molecule has 0 aromatic heterocycles. The highest BCUT2D eigenvalue weighted by atomic mass is 16.5. The number of hydrogen-bond donors (Lipinski definition) is 0. The van der Waals surface area contributed by atoms with Gasteiger partial charge < -0.3 is 14.5 Å². The first kappa shape index (κ1) is 13.6. The van der Waals surface area contributed by atoms with Gasteiger partial charge in [-0.15, -0.1) is 0 Å². The topological polar surface area (TPSA) is 31.3 Å². The highest BCUT2D eigenvalue weighted by Crippen LogP contribution is 2.17. The van der Waals surface area contributed by atoms with Crippen molar-refractivity contribution in [2.75, 3.05) is 60.0 Å². The van der Waals surface area contributed by atoms with Crippen LogP contribution in [0.3, 0.4) is 0 Å². The zero-order valence-corrected chi connectivity index (χ0v) is 11.9. The van der Waals surface area contributed by atoms with Gasteiger partial charge in [0, 0.05) is 52.9 Å². The number of ether oxygens (including phenoxy) is 1. The molecule has 0 aliphatic carbocycles. The van der Waals surface area contributed by atoms with Crippen molar-refractivity contribution in [1.82, 2.24) is 14.7 Å². The Balaban J connectivity index is 1.92. The van der Waals surface area contributed by atoms with Crippen LogP contribution in [0.1, 0.15) is 13.3 Å². The van der Waals surface area contributed by atoms with Crippen LogP contribution in [0.25, 0.3) is 0 Å². The molecule has 0 saturated carbocycles. The quantitative estimate of drug-likeness (QED) is 0.525.